The highest BCUT2D eigenvalue weighted by molar-refractivity contribution is 6.06. The molecule has 1 amide bonds. The van der Waals surface area contributed by atoms with E-state index in [1.54, 1.807) is 6.07 Å². The Morgan fingerprint density at radius 1 is 1.12 bits per heavy atom. The molecule has 0 aliphatic heterocycles. The van der Waals surface area contributed by atoms with Gasteiger partial charge in [-0.3, -0.25) is 4.79 Å². The molecular weight excluding hydrogens is 210 g/mol. The van der Waals surface area contributed by atoms with Crippen LogP contribution in [-0.2, 0) is 5.41 Å². The molecule has 0 fully saturated rings. The van der Waals surface area contributed by atoms with E-state index in [1.807, 2.05) is 18.2 Å². The summed E-state index contributed by atoms with van der Waals surface area (Å²) >= 11 is 0. The van der Waals surface area contributed by atoms with E-state index in [9.17, 15) is 4.79 Å². The molecule has 2 aromatic rings. The van der Waals surface area contributed by atoms with Crippen LogP contribution in [0, 0.1) is 0 Å². The smallest absolute Gasteiger partial charge is 0.249 e. The van der Waals surface area contributed by atoms with E-state index in [-0.39, 0.29) is 11.3 Å². The maximum atomic E-state index is 11.4. The van der Waals surface area contributed by atoms with Crippen molar-refractivity contribution in [3.05, 3.63) is 47.5 Å². The van der Waals surface area contributed by atoms with Gasteiger partial charge in [-0.1, -0.05) is 45.0 Å². The summed E-state index contributed by atoms with van der Waals surface area (Å²) in [5.74, 6) is -0.373. The number of benzene rings is 2. The predicted molar refractivity (Wildman–Crippen MR) is 71.2 cm³/mol. The van der Waals surface area contributed by atoms with Crippen molar-refractivity contribution in [2.24, 2.45) is 5.73 Å². The van der Waals surface area contributed by atoms with Crippen LogP contribution in [0.5, 0.6) is 0 Å². The fraction of sp³-hybridized carbons (Fsp3) is 0.267. The number of hydrogen-bond donors (Lipinski definition) is 1. The van der Waals surface area contributed by atoms with Gasteiger partial charge in [-0.2, -0.15) is 0 Å². The molecule has 0 saturated heterocycles. The molecule has 0 unspecified atom stereocenters. The van der Waals surface area contributed by atoms with Crippen LogP contribution < -0.4 is 5.73 Å². The van der Waals surface area contributed by atoms with Crippen molar-refractivity contribution in [1.29, 1.82) is 0 Å². The third kappa shape index (κ3) is 2.16. The Hall–Kier alpha value is -1.83. The van der Waals surface area contributed by atoms with Gasteiger partial charge in [0, 0.05) is 5.56 Å². The molecule has 0 aromatic heterocycles. The number of nitrogens with two attached hydrogens (primary N) is 1. The van der Waals surface area contributed by atoms with E-state index in [1.165, 1.54) is 5.56 Å². The summed E-state index contributed by atoms with van der Waals surface area (Å²) in [6.07, 6.45) is 0. The molecule has 0 aliphatic rings. The standard InChI is InChI=1S/C15H17NO/c1-15(2,3)11-8-7-10-5-4-6-12(14(16)17)13(10)9-11/h4-9H,1-3H3,(H2,16,17). The van der Waals surface area contributed by atoms with Crippen LogP contribution in [0.2, 0.25) is 0 Å². The molecular formula is C15H17NO. The van der Waals surface area contributed by atoms with Crippen LogP contribution in [0.1, 0.15) is 36.7 Å². The zero-order valence-corrected chi connectivity index (χ0v) is 10.4. The molecule has 2 heteroatoms. The van der Waals surface area contributed by atoms with E-state index < -0.39 is 0 Å². The number of amides is 1. The Balaban J connectivity index is 2.75. The first-order chi connectivity index (χ1) is 7.89. The zero-order valence-electron chi connectivity index (χ0n) is 10.4. The van der Waals surface area contributed by atoms with Gasteiger partial charge < -0.3 is 5.73 Å². The molecule has 0 heterocycles. The fourth-order valence-electron chi connectivity index (χ4n) is 1.95. The topological polar surface area (TPSA) is 43.1 Å². The van der Waals surface area contributed by atoms with Crippen molar-refractivity contribution < 1.29 is 4.79 Å². The molecule has 0 aliphatic carbocycles. The molecule has 0 saturated carbocycles. The summed E-state index contributed by atoms with van der Waals surface area (Å²) in [7, 11) is 0. The molecule has 17 heavy (non-hydrogen) atoms. The molecule has 2 rings (SSSR count). The first-order valence-corrected chi connectivity index (χ1v) is 5.72. The Morgan fingerprint density at radius 2 is 1.82 bits per heavy atom. The van der Waals surface area contributed by atoms with Crippen molar-refractivity contribution in [1.82, 2.24) is 0 Å². The molecule has 2 N–H and O–H groups in total. The van der Waals surface area contributed by atoms with E-state index >= 15 is 0 Å². The minimum atomic E-state index is -0.373. The van der Waals surface area contributed by atoms with Gasteiger partial charge >= 0.3 is 0 Å². The highest BCUT2D eigenvalue weighted by Gasteiger charge is 2.15. The highest BCUT2D eigenvalue weighted by Crippen LogP contribution is 2.27. The van der Waals surface area contributed by atoms with Gasteiger partial charge in [-0.25, -0.2) is 0 Å². The van der Waals surface area contributed by atoms with E-state index in [0.717, 1.165) is 10.8 Å². The van der Waals surface area contributed by atoms with Crippen LogP contribution in [0.25, 0.3) is 10.8 Å². The number of fused-ring (bicyclic) bond motifs is 1. The van der Waals surface area contributed by atoms with Crippen molar-refractivity contribution in [3.63, 3.8) is 0 Å². The average Bonchev–Trinajstić information content (AvgIpc) is 2.26. The second-order valence-corrected chi connectivity index (χ2v) is 5.36. The molecule has 2 aromatic carbocycles. The van der Waals surface area contributed by atoms with E-state index in [4.69, 9.17) is 5.73 Å². The summed E-state index contributed by atoms with van der Waals surface area (Å²) in [5, 5.41) is 1.99. The van der Waals surface area contributed by atoms with Crippen molar-refractivity contribution >= 4 is 16.7 Å². The third-order valence-electron chi connectivity index (χ3n) is 3.01. The second-order valence-electron chi connectivity index (χ2n) is 5.36. The van der Waals surface area contributed by atoms with Gasteiger partial charge in [0.2, 0.25) is 5.91 Å². The minimum Gasteiger partial charge on any atom is -0.366 e. The Bertz CT molecular complexity index is 579. The quantitative estimate of drug-likeness (QED) is 0.798. The van der Waals surface area contributed by atoms with E-state index in [2.05, 4.69) is 32.9 Å². The van der Waals surface area contributed by atoms with E-state index in [0.29, 0.717) is 5.56 Å². The molecule has 2 nitrogen and oxygen atoms in total. The zero-order chi connectivity index (χ0) is 12.6. The maximum Gasteiger partial charge on any atom is 0.249 e. The highest BCUT2D eigenvalue weighted by atomic mass is 16.1. The van der Waals surface area contributed by atoms with Crippen LogP contribution in [-0.4, -0.2) is 5.91 Å². The van der Waals surface area contributed by atoms with Crippen molar-refractivity contribution in [2.45, 2.75) is 26.2 Å². The van der Waals surface area contributed by atoms with Crippen molar-refractivity contribution in [2.75, 3.05) is 0 Å². The van der Waals surface area contributed by atoms with Gasteiger partial charge in [-0.15, -0.1) is 0 Å². The van der Waals surface area contributed by atoms with Crippen LogP contribution in [0.3, 0.4) is 0 Å². The predicted octanol–water partition coefficient (Wildman–Crippen LogP) is 3.24. The minimum absolute atomic E-state index is 0.0684. The largest absolute Gasteiger partial charge is 0.366 e. The third-order valence-corrected chi connectivity index (χ3v) is 3.01. The number of carbonyl (C=O) groups excluding carboxylic acids is 1. The first-order valence-electron chi connectivity index (χ1n) is 5.72. The summed E-state index contributed by atoms with van der Waals surface area (Å²) in [5.41, 5.74) is 7.27. The molecule has 0 atom stereocenters. The lowest BCUT2D eigenvalue weighted by molar-refractivity contribution is 0.100. The van der Waals surface area contributed by atoms with Gasteiger partial charge in [-0.05, 0) is 33.9 Å². The molecule has 88 valence electrons. The fourth-order valence-corrected chi connectivity index (χ4v) is 1.95. The van der Waals surface area contributed by atoms with Crippen LogP contribution in [0.4, 0.5) is 0 Å². The van der Waals surface area contributed by atoms with Gasteiger partial charge in [0.1, 0.15) is 0 Å². The molecule has 0 bridgehead atoms. The maximum absolute atomic E-state index is 11.4. The molecule has 0 radical (unpaired) electrons. The lowest BCUT2D eigenvalue weighted by Gasteiger charge is -2.19. The van der Waals surface area contributed by atoms with Crippen molar-refractivity contribution in [3.8, 4) is 0 Å². The Morgan fingerprint density at radius 3 is 2.41 bits per heavy atom. The van der Waals surface area contributed by atoms with Gasteiger partial charge in [0.05, 0.1) is 0 Å². The SMILES string of the molecule is CC(C)(C)c1ccc2cccc(C(N)=O)c2c1. The summed E-state index contributed by atoms with van der Waals surface area (Å²) < 4.78 is 0. The lowest BCUT2D eigenvalue weighted by Crippen LogP contribution is -2.13. The monoisotopic (exact) mass is 227 g/mol. The number of rotatable bonds is 1. The summed E-state index contributed by atoms with van der Waals surface area (Å²) in [6, 6.07) is 11.8. The number of carbonyl (C=O) groups is 1. The summed E-state index contributed by atoms with van der Waals surface area (Å²) in [4.78, 5) is 11.4. The number of primary amides is 1. The summed E-state index contributed by atoms with van der Waals surface area (Å²) in [6.45, 7) is 6.46. The van der Waals surface area contributed by atoms with Crippen LogP contribution in [0.15, 0.2) is 36.4 Å². The van der Waals surface area contributed by atoms with Gasteiger partial charge in [0.15, 0.2) is 0 Å². The van der Waals surface area contributed by atoms with Gasteiger partial charge in [0.25, 0.3) is 0 Å². The lowest BCUT2D eigenvalue weighted by atomic mass is 9.85. The Labute approximate surface area is 101 Å². The average molecular weight is 227 g/mol. The number of hydrogen-bond acceptors (Lipinski definition) is 1. The Kier molecular flexibility index (Phi) is 2.66. The molecule has 0 spiro atoms. The first kappa shape index (κ1) is 11.6. The second kappa shape index (κ2) is 3.88. The normalized spacial score (nSPS) is 11.7. The van der Waals surface area contributed by atoms with Crippen LogP contribution >= 0.6 is 0 Å².